The quantitative estimate of drug-likeness (QED) is 0.524. The molecule has 3 heterocycles. The van der Waals surface area contributed by atoms with Crippen LogP contribution < -0.4 is 5.32 Å². The third-order valence-electron chi connectivity index (χ3n) is 5.57. The minimum absolute atomic E-state index is 0.186. The predicted octanol–water partition coefficient (Wildman–Crippen LogP) is 3.02. The van der Waals surface area contributed by atoms with E-state index < -0.39 is 24.5 Å². The van der Waals surface area contributed by atoms with E-state index in [0.717, 1.165) is 5.56 Å². The van der Waals surface area contributed by atoms with Crippen LogP contribution in [-0.4, -0.2) is 49.0 Å². The molecule has 1 fully saturated rings. The number of carbonyl (C=O) groups excluding carboxylic acids is 1. The lowest BCUT2D eigenvalue weighted by Crippen LogP contribution is -2.34. The van der Waals surface area contributed by atoms with Gasteiger partial charge in [-0.2, -0.15) is 0 Å². The number of amides is 1. The molecule has 162 valence electrons. The van der Waals surface area contributed by atoms with Crippen molar-refractivity contribution < 1.29 is 19.7 Å². The van der Waals surface area contributed by atoms with Crippen molar-refractivity contribution in [1.29, 1.82) is 0 Å². The monoisotopic (exact) mass is 442 g/mol. The minimum atomic E-state index is -1.17. The SMILES string of the molecule is C=C(C)C(=O)Nc1ncnc2c1ccn2[C@@H]1O[C@H](C(C)c2ccc(Cl)cc2)[C@@H](O)[C@H]1O. The van der Waals surface area contributed by atoms with Crippen molar-refractivity contribution in [2.75, 3.05) is 5.32 Å². The molecule has 9 heteroatoms. The van der Waals surface area contributed by atoms with Gasteiger partial charge >= 0.3 is 0 Å². The van der Waals surface area contributed by atoms with Gasteiger partial charge in [0.25, 0.3) is 5.91 Å². The second kappa shape index (κ2) is 8.39. The standard InChI is InChI=1S/C22H23ClN4O4/c1-11(2)21(30)26-19-15-8-9-27(20(15)25-10-24-19)22-17(29)16(28)18(31-22)12(3)13-4-6-14(23)7-5-13/h4-10,12,16-18,22,28-29H,1H2,2-3H3,(H,24,25,26,30)/t12?,16-,17+,18+,22+/m0/s1. The van der Waals surface area contributed by atoms with Crippen molar-refractivity contribution in [3.05, 3.63) is 65.6 Å². The lowest BCUT2D eigenvalue weighted by molar-refractivity contribution is -0.112. The van der Waals surface area contributed by atoms with Gasteiger partial charge in [0, 0.05) is 22.7 Å². The maximum absolute atomic E-state index is 12.0. The summed E-state index contributed by atoms with van der Waals surface area (Å²) in [5, 5.41) is 25.3. The lowest BCUT2D eigenvalue weighted by Gasteiger charge is -2.22. The molecular weight excluding hydrogens is 420 g/mol. The topological polar surface area (TPSA) is 110 Å². The molecular formula is C22H23ClN4O4. The van der Waals surface area contributed by atoms with E-state index in [2.05, 4.69) is 21.9 Å². The van der Waals surface area contributed by atoms with Gasteiger partial charge in [0.15, 0.2) is 6.23 Å². The van der Waals surface area contributed by atoms with Crippen molar-refractivity contribution in [1.82, 2.24) is 14.5 Å². The van der Waals surface area contributed by atoms with Crippen LogP contribution in [0.3, 0.4) is 0 Å². The Morgan fingerprint density at radius 1 is 1.23 bits per heavy atom. The first-order chi connectivity index (χ1) is 14.8. The molecule has 2 aromatic heterocycles. The number of halogens is 1. The summed E-state index contributed by atoms with van der Waals surface area (Å²) in [7, 11) is 0. The van der Waals surface area contributed by atoms with Gasteiger partial charge in [-0.3, -0.25) is 4.79 Å². The summed E-state index contributed by atoms with van der Waals surface area (Å²) in [6, 6.07) is 9.02. The fourth-order valence-corrected chi connectivity index (χ4v) is 3.90. The number of nitrogens with one attached hydrogen (secondary N) is 1. The first-order valence-electron chi connectivity index (χ1n) is 9.83. The van der Waals surface area contributed by atoms with Crippen LogP contribution in [0.5, 0.6) is 0 Å². The molecule has 1 aromatic carbocycles. The molecule has 1 unspecified atom stereocenters. The third kappa shape index (κ3) is 3.95. The summed E-state index contributed by atoms with van der Waals surface area (Å²) in [6.07, 6.45) is -0.754. The van der Waals surface area contributed by atoms with Crippen LogP contribution in [0, 0.1) is 0 Å². The number of aliphatic hydroxyl groups excluding tert-OH is 2. The molecule has 1 aliphatic rings. The van der Waals surface area contributed by atoms with E-state index in [-0.39, 0.29) is 11.8 Å². The fraction of sp³-hybridized carbons (Fsp3) is 0.318. The number of anilines is 1. The molecule has 3 N–H and O–H groups in total. The number of hydrogen-bond acceptors (Lipinski definition) is 6. The Labute approximate surface area is 184 Å². The van der Waals surface area contributed by atoms with Crippen molar-refractivity contribution in [2.24, 2.45) is 0 Å². The maximum atomic E-state index is 12.0. The molecule has 0 radical (unpaired) electrons. The molecule has 0 aliphatic carbocycles. The summed E-state index contributed by atoms with van der Waals surface area (Å²) in [5.41, 5.74) is 1.75. The Bertz CT molecular complexity index is 1130. The van der Waals surface area contributed by atoms with Crippen molar-refractivity contribution in [2.45, 2.75) is 44.3 Å². The second-order valence-corrected chi connectivity index (χ2v) is 8.17. The molecule has 0 saturated carbocycles. The van der Waals surface area contributed by atoms with E-state index in [1.54, 1.807) is 35.9 Å². The molecule has 1 aliphatic heterocycles. The Hall–Kier alpha value is -2.78. The summed E-state index contributed by atoms with van der Waals surface area (Å²) in [5.74, 6) is -0.207. The van der Waals surface area contributed by atoms with Crippen molar-refractivity contribution in [3.8, 4) is 0 Å². The number of benzene rings is 1. The van der Waals surface area contributed by atoms with Crippen LogP contribution in [0.4, 0.5) is 5.82 Å². The average molecular weight is 443 g/mol. The van der Waals surface area contributed by atoms with Crippen LogP contribution >= 0.6 is 11.6 Å². The molecule has 0 spiro atoms. The number of fused-ring (bicyclic) bond motifs is 1. The maximum Gasteiger partial charge on any atom is 0.251 e. The van der Waals surface area contributed by atoms with E-state index in [1.807, 2.05) is 19.1 Å². The normalized spacial score (nSPS) is 24.3. The van der Waals surface area contributed by atoms with Crippen LogP contribution in [0.2, 0.25) is 5.02 Å². The van der Waals surface area contributed by atoms with Gasteiger partial charge in [-0.25, -0.2) is 9.97 Å². The molecule has 3 aromatic rings. The zero-order valence-electron chi connectivity index (χ0n) is 17.1. The Morgan fingerprint density at radius 3 is 2.61 bits per heavy atom. The number of nitrogens with zero attached hydrogens (tertiary/aromatic N) is 3. The second-order valence-electron chi connectivity index (χ2n) is 7.73. The summed E-state index contributed by atoms with van der Waals surface area (Å²) < 4.78 is 7.75. The zero-order valence-corrected chi connectivity index (χ0v) is 17.8. The van der Waals surface area contributed by atoms with Crippen LogP contribution in [0.1, 0.15) is 31.6 Å². The highest BCUT2D eigenvalue weighted by Gasteiger charge is 2.46. The lowest BCUT2D eigenvalue weighted by atomic mass is 9.91. The van der Waals surface area contributed by atoms with E-state index in [1.165, 1.54) is 6.33 Å². The van der Waals surface area contributed by atoms with E-state index >= 15 is 0 Å². The number of ether oxygens (including phenoxy) is 1. The highest BCUT2D eigenvalue weighted by Crippen LogP contribution is 2.38. The van der Waals surface area contributed by atoms with Crippen LogP contribution in [0.25, 0.3) is 11.0 Å². The van der Waals surface area contributed by atoms with Crippen LogP contribution in [-0.2, 0) is 9.53 Å². The number of hydrogen-bond donors (Lipinski definition) is 3. The van der Waals surface area contributed by atoms with Gasteiger partial charge in [0.1, 0.15) is 30.0 Å². The van der Waals surface area contributed by atoms with Gasteiger partial charge in [-0.05, 0) is 30.7 Å². The highest BCUT2D eigenvalue weighted by atomic mass is 35.5. The Balaban J connectivity index is 1.63. The molecule has 1 amide bonds. The van der Waals surface area contributed by atoms with Gasteiger partial charge < -0.3 is 24.8 Å². The van der Waals surface area contributed by atoms with E-state index in [9.17, 15) is 15.0 Å². The molecule has 1 saturated heterocycles. The Morgan fingerprint density at radius 2 is 1.94 bits per heavy atom. The first kappa shape index (κ1) is 21.5. The van der Waals surface area contributed by atoms with Crippen LogP contribution in [0.15, 0.2) is 55.0 Å². The van der Waals surface area contributed by atoms with Gasteiger partial charge in [-0.1, -0.05) is 37.2 Å². The van der Waals surface area contributed by atoms with Gasteiger partial charge in [0.05, 0.1) is 11.5 Å². The predicted molar refractivity (Wildman–Crippen MR) is 117 cm³/mol. The van der Waals surface area contributed by atoms with Crippen molar-refractivity contribution in [3.63, 3.8) is 0 Å². The van der Waals surface area contributed by atoms with E-state index in [4.69, 9.17) is 16.3 Å². The van der Waals surface area contributed by atoms with E-state index in [0.29, 0.717) is 27.4 Å². The summed E-state index contributed by atoms with van der Waals surface area (Å²) >= 11 is 5.97. The third-order valence-corrected chi connectivity index (χ3v) is 5.82. The first-order valence-corrected chi connectivity index (χ1v) is 10.2. The smallest absolute Gasteiger partial charge is 0.251 e. The number of aliphatic hydroxyl groups is 2. The zero-order chi connectivity index (χ0) is 22.3. The molecule has 31 heavy (non-hydrogen) atoms. The van der Waals surface area contributed by atoms with Gasteiger partial charge in [0.2, 0.25) is 0 Å². The summed E-state index contributed by atoms with van der Waals surface area (Å²) in [4.78, 5) is 20.4. The minimum Gasteiger partial charge on any atom is -0.387 e. The highest BCUT2D eigenvalue weighted by molar-refractivity contribution is 6.30. The average Bonchev–Trinajstić information content (AvgIpc) is 3.30. The summed E-state index contributed by atoms with van der Waals surface area (Å²) in [6.45, 7) is 7.15. The molecule has 8 nitrogen and oxygen atoms in total. The largest absolute Gasteiger partial charge is 0.387 e. The Kier molecular flexibility index (Phi) is 5.81. The van der Waals surface area contributed by atoms with Crippen molar-refractivity contribution >= 4 is 34.4 Å². The number of aromatic nitrogens is 3. The molecule has 5 atom stereocenters. The number of carbonyl (C=O) groups is 1. The fourth-order valence-electron chi connectivity index (χ4n) is 3.77. The number of rotatable bonds is 5. The molecule has 4 rings (SSSR count). The van der Waals surface area contributed by atoms with Gasteiger partial charge in [-0.15, -0.1) is 0 Å². The molecule has 0 bridgehead atoms.